The van der Waals surface area contributed by atoms with Crippen LogP contribution in [0.15, 0.2) is 53.7 Å². The zero-order chi connectivity index (χ0) is 21.6. The van der Waals surface area contributed by atoms with Gasteiger partial charge in [-0.25, -0.2) is 15.0 Å². The van der Waals surface area contributed by atoms with Gasteiger partial charge in [0.15, 0.2) is 0 Å². The molecule has 2 aliphatic heterocycles. The molecule has 8 heteroatoms. The molecule has 8 nitrogen and oxygen atoms in total. The van der Waals surface area contributed by atoms with Crippen LogP contribution >= 0.6 is 0 Å². The molecule has 2 saturated heterocycles. The molecule has 2 aliphatic rings. The summed E-state index contributed by atoms with van der Waals surface area (Å²) >= 11 is 0. The highest BCUT2D eigenvalue weighted by Crippen LogP contribution is 2.44. The van der Waals surface area contributed by atoms with E-state index in [2.05, 4.69) is 38.8 Å². The minimum atomic E-state index is -0.0844. The van der Waals surface area contributed by atoms with Gasteiger partial charge in [0.1, 0.15) is 12.1 Å². The Morgan fingerprint density at radius 2 is 1.90 bits per heavy atom. The highest BCUT2D eigenvalue weighted by atomic mass is 16.5. The largest absolute Gasteiger partial charge is 0.497 e. The zero-order valence-electron chi connectivity index (χ0n) is 18.0. The fourth-order valence-corrected chi connectivity index (χ4v) is 4.88. The monoisotopic (exact) mass is 418 g/mol. The van der Waals surface area contributed by atoms with Gasteiger partial charge in [-0.3, -0.25) is 9.36 Å². The van der Waals surface area contributed by atoms with Gasteiger partial charge in [-0.05, 0) is 18.2 Å². The number of hydrogen-bond acceptors (Lipinski definition) is 7. The van der Waals surface area contributed by atoms with Crippen LogP contribution in [0.25, 0.3) is 11.4 Å². The van der Waals surface area contributed by atoms with Crippen molar-refractivity contribution in [1.82, 2.24) is 19.5 Å². The lowest BCUT2D eigenvalue weighted by atomic mass is 9.83. The first-order chi connectivity index (χ1) is 15.0. The van der Waals surface area contributed by atoms with Crippen molar-refractivity contribution < 1.29 is 4.74 Å². The van der Waals surface area contributed by atoms with Crippen molar-refractivity contribution in [2.24, 2.45) is 18.4 Å². The van der Waals surface area contributed by atoms with Crippen molar-refractivity contribution in [3.8, 4) is 17.1 Å². The van der Waals surface area contributed by atoms with Crippen molar-refractivity contribution in [2.45, 2.75) is 6.92 Å². The van der Waals surface area contributed by atoms with Crippen LogP contribution in [0.2, 0.25) is 0 Å². The fourth-order valence-electron chi connectivity index (χ4n) is 4.88. The maximum absolute atomic E-state index is 12.6. The standard InChI is InChI=1S/C23H26N6O2/c1-23-13-28(17-5-4-6-18(9-17)31-3)11-16(23)12-29(14-23)22-26-20(10-21(30)27(22)2)19-7-8-24-15-25-19/h4-10,15-16H,11-14H2,1-3H3/t16-,23?/m1/s1. The van der Waals surface area contributed by atoms with Gasteiger partial charge in [-0.15, -0.1) is 0 Å². The lowest BCUT2D eigenvalue weighted by Gasteiger charge is -2.28. The van der Waals surface area contributed by atoms with Gasteiger partial charge in [0.2, 0.25) is 5.95 Å². The Hall–Kier alpha value is -3.42. The van der Waals surface area contributed by atoms with Gasteiger partial charge >= 0.3 is 0 Å². The Kier molecular flexibility index (Phi) is 4.64. The van der Waals surface area contributed by atoms with Crippen molar-refractivity contribution in [1.29, 1.82) is 0 Å². The van der Waals surface area contributed by atoms with Crippen molar-refractivity contribution in [3.05, 3.63) is 59.3 Å². The molecule has 0 radical (unpaired) electrons. The SMILES string of the molecule is COc1cccc(N2C[C@@H]3CN(c4nc(-c5ccncn5)cc(=O)n4C)CC3(C)C2)c1. The van der Waals surface area contributed by atoms with E-state index in [1.165, 1.54) is 18.1 Å². The van der Waals surface area contributed by atoms with Crippen LogP contribution in [-0.2, 0) is 7.05 Å². The predicted octanol–water partition coefficient (Wildman–Crippen LogP) is 2.21. The number of hydrogen-bond donors (Lipinski definition) is 0. The average molecular weight is 419 g/mol. The Morgan fingerprint density at radius 3 is 2.65 bits per heavy atom. The summed E-state index contributed by atoms with van der Waals surface area (Å²) in [6, 6.07) is 11.6. The van der Waals surface area contributed by atoms with Gasteiger partial charge in [-0.2, -0.15) is 0 Å². The van der Waals surface area contributed by atoms with Gasteiger partial charge in [0.25, 0.3) is 5.56 Å². The summed E-state index contributed by atoms with van der Waals surface area (Å²) in [7, 11) is 3.48. The van der Waals surface area contributed by atoms with Crippen LogP contribution < -0.4 is 20.1 Å². The molecule has 2 fully saturated rings. The number of aromatic nitrogens is 4. The first-order valence-electron chi connectivity index (χ1n) is 10.5. The summed E-state index contributed by atoms with van der Waals surface area (Å²) in [5.41, 5.74) is 2.47. The number of methoxy groups -OCH3 is 1. The van der Waals surface area contributed by atoms with Crippen LogP contribution in [0.5, 0.6) is 5.75 Å². The second kappa shape index (κ2) is 7.37. The number of nitrogens with zero attached hydrogens (tertiary/aromatic N) is 6. The van der Waals surface area contributed by atoms with Gasteiger partial charge in [-0.1, -0.05) is 13.0 Å². The maximum Gasteiger partial charge on any atom is 0.255 e. The normalized spacial score (nSPS) is 22.6. The number of anilines is 2. The van der Waals surface area contributed by atoms with E-state index in [4.69, 9.17) is 9.72 Å². The number of ether oxygens (including phenoxy) is 1. The summed E-state index contributed by atoms with van der Waals surface area (Å²) in [5, 5.41) is 0. The molecule has 1 aromatic carbocycles. The fraction of sp³-hybridized carbons (Fsp3) is 0.391. The predicted molar refractivity (Wildman–Crippen MR) is 120 cm³/mol. The summed E-state index contributed by atoms with van der Waals surface area (Å²) in [4.78, 5) is 30.4. The van der Waals surface area contributed by atoms with Crippen LogP contribution in [0, 0.1) is 11.3 Å². The number of rotatable bonds is 4. The molecular weight excluding hydrogens is 392 g/mol. The van der Waals surface area contributed by atoms with Gasteiger partial charge in [0.05, 0.1) is 18.5 Å². The Bertz CT molecular complexity index is 1160. The van der Waals surface area contributed by atoms with Crippen molar-refractivity contribution >= 4 is 11.6 Å². The van der Waals surface area contributed by atoms with E-state index in [0.29, 0.717) is 23.3 Å². The molecule has 0 N–H and O–H groups in total. The Labute approximate surface area is 181 Å². The van der Waals surface area contributed by atoms with E-state index in [9.17, 15) is 4.79 Å². The molecule has 2 atom stereocenters. The van der Waals surface area contributed by atoms with Gasteiger partial charge < -0.3 is 14.5 Å². The first kappa shape index (κ1) is 19.5. The maximum atomic E-state index is 12.6. The van der Waals surface area contributed by atoms with E-state index in [0.717, 1.165) is 31.9 Å². The first-order valence-corrected chi connectivity index (χ1v) is 10.5. The molecule has 0 amide bonds. The number of fused-ring (bicyclic) bond motifs is 1. The molecule has 3 aromatic rings. The molecule has 0 saturated carbocycles. The van der Waals surface area contributed by atoms with Crippen LogP contribution in [0.3, 0.4) is 0 Å². The van der Waals surface area contributed by atoms with Gasteiger partial charge in [0, 0.05) is 68.6 Å². The third-order valence-electron chi connectivity index (χ3n) is 6.63. The van der Waals surface area contributed by atoms with Crippen molar-refractivity contribution in [3.63, 3.8) is 0 Å². The van der Waals surface area contributed by atoms with E-state index in [1.54, 1.807) is 31.0 Å². The molecule has 4 heterocycles. The van der Waals surface area contributed by atoms with Crippen LogP contribution in [0.4, 0.5) is 11.6 Å². The quantitative estimate of drug-likeness (QED) is 0.643. The summed E-state index contributed by atoms with van der Waals surface area (Å²) in [5.74, 6) is 2.06. The summed E-state index contributed by atoms with van der Waals surface area (Å²) in [6.07, 6.45) is 3.14. The molecule has 160 valence electrons. The smallest absolute Gasteiger partial charge is 0.255 e. The van der Waals surface area contributed by atoms with E-state index >= 15 is 0 Å². The molecule has 2 aromatic heterocycles. The molecular formula is C23H26N6O2. The van der Waals surface area contributed by atoms with E-state index in [1.807, 2.05) is 12.1 Å². The van der Waals surface area contributed by atoms with E-state index in [-0.39, 0.29) is 11.0 Å². The minimum Gasteiger partial charge on any atom is -0.497 e. The third-order valence-corrected chi connectivity index (χ3v) is 6.63. The molecule has 0 bridgehead atoms. The molecule has 0 spiro atoms. The third kappa shape index (κ3) is 3.41. The van der Waals surface area contributed by atoms with Crippen molar-refractivity contribution in [2.75, 3.05) is 43.1 Å². The molecule has 5 rings (SSSR count). The lowest BCUT2D eigenvalue weighted by Crippen LogP contribution is -2.35. The zero-order valence-corrected chi connectivity index (χ0v) is 18.0. The highest BCUT2D eigenvalue weighted by molar-refractivity contribution is 5.56. The topological polar surface area (TPSA) is 76.4 Å². The Morgan fingerprint density at radius 1 is 1.10 bits per heavy atom. The second-order valence-corrected chi connectivity index (χ2v) is 8.75. The highest BCUT2D eigenvalue weighted by Gasteiger charge is 2.50. The number of benzene rings is 1. The summed E-state index contributed by atoms with van der Waals surface area (Å²) in [6.45, 7) is 5.99. The molecule has 1 unspecified atom stereocenters. The Balaban J connectivity index is 1.41. The minimum absolute atomic E-state index is 0.0844. The second-order valence-electron chi connectivity index (χ2n) is 8.75. The average Bonchev–Trinajstić information content (AvgIpc) is 3.28. The lowest BCUT2D eigenvalue weighted by molar-refractivity contribution is 0.340. The van der Waals surface area contributed by atoms with Crippen LogP contribution in [0.1, 0.15) is 6.92 Å². The van der Waals surface area contributed by atoms with Crippen LogP contribution in [-0.4, -0.2) is 52.8 Å². The van der Waals surface area contributed by atoms with E-state index < -0.39 is 0 Å². The summed E-state index contributed by atoms with van der Waals surface area (Å²) < 4.78 is 7.03. The molecule has 31 heavy (non-hydrogen) atoms. The molecule has 0 aliphatic carbocycles.